The summed E-state index contributed by atoms with van der Waals surface area (Å²) >= 11 is 6.12. The summed E-state index contributed by atoms with van der Waals surface area (Å²) in [7, 11) is 2.20. The molecule has 5 nitrogen and oxygen atoms in total. The van der Waals surface area contributed by atoms with Crippen molar-refractivity contribution in [1.82, 2.24) is 9.29 Å². The predicted molar refractivity (Wildman–Crippen MR) is 101 cm³/mol. The van der Waals surface area contributed by atoms with Crippen molar-refractivity contribution in [1.29, 1.82) is 0 Å². The number of halogens is 1. The minimum absolute atomic E-state index is 0.0889. The molecule has 1 unspecified atom stereocenters. The lowest BCUT2D eigenvalue weighted by molar-refractivity contribution is 0.0721. The van der Waals surface area contributed by atoms with Gasteiger partial charge in [-0.15, -0.1) is 0 Å². The van der Waals surface area contributed by atoms with Gasteiger partial charge in [0, 0.05) is 11.2 Å². The Hall–Kier alpha value is -1.60. The van der Waals surface area contributed by atoms with Crippen LogP contribution < -0.4 is 0 Å². The smallest absolute Gasteiger partial charge is 0.206 e. The molecule has 0 radical (unpaired) electrons. The van der Waals surface area contributed by atoms with Gasteiger partial charge in [0.25, 0.3) is 0 Å². The molecule has 1 atom stereocenters. The zero-order valence-electron chi connectivity index (χ0n) is 14.9. The van der Waals surface area contributed by atoms with Gasteiger partial charge in [0.15, 0.2) is 0 Å². The maximum Gasteiger partial charge on any atom is 0.206 e. The molecule has 2 aromatic rings. The van der Waals surface area contributed by atoms with Crippen molar-refractivity contribution >= 4 is 28.4 Å². The number of ether oxygens (including phenoxy) is 1. The maximum absolute atomic E-state index is 12.1. The van der Waals surface area contributed by atoms with Crippen LogP contribution in [0.25, 0.3) is 0 Å². The van der Waals surface area contributed by atoms with Gasteiger partial charge >= 0.3 is 0 Å². The van der Waals surface area contributed by atoms with Crippen LogP contribution in [0, 0.1) is 0 Å². The Morgan fingerprint density at radius 1 is 1.24 bits per heavy atom. The average Bonchev–Trinajstić information content (AvgIpc) is 2.64. The number of pyridine rings is 1. The summed E-state index contributed by atoms with van der Waals surface area (Å²) in [5.74, 6) is -0.199. The third kappa shape index (κ3) is 6.66. The highest BCUT2D eigenvalue weighted by Crippen LogP contribution is 2.21. The molecule has 0 aliphatic carbocycles. The molecule has 0 N–H and O–H groups in total. The lowest BCUT2D eigenvalue weighted by atomic mass is 10.2. The zero-order valence-corrected chi connectivity index (χ0v) is 16.4. The molecule has 0 bridgehead atoms. The number of benzene rings is 1. The van der Waals surface area contributed by atoms with Gasteiger partial charge in [-0.1, -0.05) is 31.5 Å². The van der Waals surface area contributed by atoms with Crippen LogP contribution in [0.3, 0.4) is 0 Å². The van der Waals surface area contributed by atoms with E-state index in [0.29, 0.717) is 21.2 Å². The SMILES string of the molecule is CC.CN(C)S(=O)c1ccc(Cl)c(COCC(=O)c2ccccn2)c1. The summed E-state index contributed by atoms with van der Waals surface area (Å²) in [6, 6.07) is 10.2. The summed E-state index contributed by atoms with van der Waals surface area (Å²) in [5.41, 5.74) is 1.05. The lowest BCUT2D eigenvalue weighted by Gasteiger charge is -2.11. The monoisotopic (exact) mass is 382 g/mol. The van der Waals surface area contributed by atoms with Crippen LogP contribution in [0.4, 0.5) is 0 Å². The van der Waals surface area contributed by atoms with Crippen LogP contribution in [0.5, 0.6) is 0 Å². The first-order chi connectivity index (χ1) is 12.0. The van der Waals surface area contributed by atoms with E-state index in [-0.39, 0.29) is 19.0 Å². The Bertz CT molecular complexity index is 709. The van der Waals surface area contributed by atoms with E-state index in [4.69, 9.17) is 16.3 Å². The zero-order chi connectivity index (χ0) is 18.8. The molecule has 0 amide bonds. The van der Waals surface area contributed by atoms with Crippen molar-refractivity contribution in [3.8, 4) is 0 Å². The number of carbonyl (C=O) groups excluding carboxylic acids is 1. The third-order valence-electron chi connectivity index (χ3n) is 2.99. The van der Waals surface area contributed by atoms with Crippen molar-refractivity contribution in [2.24, 2.45) is 0 Å². The van der Waals surface area contributed by atoms with Crippen molar-refractivity contribution in [3.05, 3.63) is 58.9 Å². The van der Waals surface area contributed by atoms with E-state index in [1.165, 1.54) is 0 Å². The molecule has 0 saturated carbocycles. The molecule has 0 fully saturated rings. The number of rotatable bonds is 7. The Morgan fingerprint density at radius 2 is 1.96 bits per heavy atom. The van der Waals surface area contributed by atoms with Crippen molar-refractivity contribution < 1.29 is 13.7 Å². The number of nitrogens with zero attached hydrogens (tertiary/aromatic N) is 2. The van der Waals surface area contributed by atoms with E-state index in [2.05, 4.69) is 4.98 Å². The first-order valence-electron chi connectivity index (χ1n) is 7.88. The molecule has 0 spiro atoms. The standard InChI is InChI=1S/C16H17ClN2O3S.C2H6/c1-19(2)23(21)13-6-7-14(17)12(9-13)10-22-11-16(20)15-5-3-4-8-18-15;1-2/h3-9H,10-11H2,1-2H3;1-2H3. The Morgan fingerprint density at radius 3 is 2.56 bits per heavy atom. The maximum atomic E-state index is 12.1. The normalized spacial score (nSPS) is 11.6. The van der Waals surface area contributed by atoms with E-state index in [0.717, 1.165) is 0 Å². The fourth-order valence-corrected chi connectivity index (χ4v) is 2.86. The number of hydrogen-bond donors (Lipinski definition) is 0. The van der Waals surface area contributed by atoms with Crippen LogP contribution in [-0.2, 0) is 22.3 Å². The van der Waals surface area contributed by atoms with Crippen LogP contribution in [0.1, 0.15) is 29.9 Å². The second-order valence-electron chi connectivity index (χ2n) is 4.95. The lowest BCUT2D eigenvalue weighted by Crippen LogP contribution is -2.15. The van der Waals surface area contributed by atoms with Crippen LogP contribution >= 0.6 is 11.6 Å². The van der Waals surface area contributed by atoms with Crippen molar-refractivity contribution in [2.75, 3.05) is 20.7 Å². The van der Waals surface area contributed by atoms with E-state index in [9.17, 15) is 9.00 Å². The number of carbonyl (C=O) groups is 1. The first kappa shape index (κ1) is 21.4. The molecule has 0 aliphatic heterocycles. The second-order valence-corrected chi connectivity index (χ2v) is 7.05. The van der Waals surface area contributed by atoms with Crippen LogP contribution in [-0.4, -0.2) is 40.0 Å². The van der Waals surface area contributed by atoms with E-state index >= 15 is 0 Å². The highest BCUT2D eigenvalue weighted by Gasteiger charge is 2.11. The summed E-state index contributed by atoms with van der Waals surface area (Å²) in [6.07, 6.45) is 1.56. The number of ketones is 1. The molecule has 7 heteroatoms. The Labute approximate surface area is 156 Å². The number of aromatic nitrogens is 1. The van der Waals surface area contributed by atoms with Gasteiger partial charge in [-0.25, -0.2) is 8.51 Å². The van der Waals surface area contributed by atoms with Crippen LogP contribution in [0.15, 0.2) is 47.5 Å². The van der Waals surface area contributed by atoms with Gasteiger partial charge in [0.1, 0.15) is 23.3 Å². The van der Waals surface area contributed by atoms with E-state index in [1.54, 1.807) is 61.0 Å². The molecule has 1 aromatic heterocycles. The van der Waals surface area contributed by atoms with Gasteiger partial charge in [0.05, 0.1) is 11.5 Å². The minimum Gasteiger partial charge on any atom is -0.368 e. The molecular formula is C18H23ClN2O3S. The van der Waals surface area contributed by atoms with Crippen molar-refractivity contribution in [3.63, 3.8) is 0 Å². The largest absolute Gasteiger partial charge is 0.368 e. The quantitative estimate of drug-likeness (QED) is 0.684. The molecule has 0 aliphatic rings. The topological polar surface area (TPSA) is 59.5 Å². The predicted octanol–water partition coefficient (Wildman–Crippen LogP) is 3.74. The number of Topliss-reactive ketones (excluding diaryl/α,β-unsaturated/α-hetero) is 1. The van der Waals surface area contributed by atoms with Gasteiger partial charge < -0.3 is 4.74 Å². The Kier molecular flexibility index (Phi) is 9.52. The van der Waals surface area contributed by atoms with Gasteiger partial charge in [0.2, 0.25) is 5.78 Å². The average molecular weight is 383 g/mol. The fourth-order valence-electron chi connectivity index (χ4n) is 1.84. The van der Waals surface area contributed by atoms with Gasteiger partial charge in [-0.05, 0) is 50.0 Å². The van der Waals surface area contributed by atoms with Crippen molar-refractivity contribution in [2.45, 2.75) is 25.3 Å². The summed E-state index contributed by atoms with van der Waals surface area (Å²) in [6.45, 7) is 4.07. The first-order valence-corrected chi connectivity index (χ1v) is 9.37. The number of hydrogen-bond acceptors (Lipinski definition) is 4. The molecule has 1 aromatic carbocycles. The highest BCUT2D eigenvalue weighted by atomic mass is 35.5. The molecule has 25 heavy (non-hydrogen) atoms. The van der Waals surface area contributed by atoms with E-state index < -0.39 is 11.0 Å². The summed E-state index contributed by atoms with van der Waals surface area (Å²) < 4.78 is 19.1. The summed E-state index contributed by atoms with van der Waals surface area (Å²) in [5, 5.41) is 0.509. The highest BCUT2D eigenvalue weighted by molar-refractivity contribution is 7.82. The Balaban J connectivity index is 0.00000151. The summed E-state index contributed by atoms with van der Waals surface area (Å²) in [4.78, 5) is 16.5. The van der Waals surface area contributed by atoms with Gasteiger partial charge in [-0.3, -0.25) is 9.78 Å². The fraction of sp³-hybridized carbons (Fsp3) is 0.333. The van der Waals surface area contributed by atoms with E-state index in [1.807, 2.05) is 13.8 Å². The molecule has 136 valence electrons. The molecule has 1 heterocycles. The third-order valence-corrected chi connectivity index (χ3v) is 4.68. The second kappa shape index (κ2) is 11.1. The molecular weight excluding hydrogens is 360 g/mol. The molecule has 0 saturated heterocycles. The minimum atomic E-state index is -1.26. The van der Waals surface area contributed by atoms with Gasteiger partial charge in [-0.2, -0.15) is 0 Å². The van der Waals surface area contributed by atoms with Crippen LogP contribution in [0.2, 0.25) is 5.02 Å². The molecule has 2 rings (SSSR count).